The summed E-state index contributed by atoms with van der Waals surface area (Å²) >= 11 is 0. The normalized spacial score (nSPS) is 16.3. The lowest BCUT2D eigenvalue weighted by Crippen LogP contribution is -2.26. The van der Waals surface area contributed by atoms with Gasteiger partial charge in [0.15, 0.2) is 0 Å². The fourth-order valence-corrected chi connectivity index (χ4v) is 4.53. The SMILES string of the molecule is NCCOCCn1c(=O)c(-c2cn(CC3CCCO3)c3ccccc23)nc2ccccc21. The van der Waals surface area contributed by atoms with Crippen molar-refractivity contribution in [2.75, 3.05) is 26.4 Å². The van der Waals surface area contributed by atoms with E-state index in [2.05, 4.69) is 22.9 Å². The quantitative estimate of drug-likeness (QED) is 0.433. The summed E-state index contributed by atoms with van der Waals surface area (Å²) in [5, 5.41) is 1.02. The molecule has 5 rings (SSSR count). The summed E-state index contributed by atoms with van der Waals surface area (Å²) in [6.07, 6.45) is 4.42. The fraction of sp³-hybridized carbons (Fsp3) is 0.360. The second-order valence-corrected chi connectivity index (χ2v) is 8.15. The molecule has 7 nitrogen and oxygen atoms in total. The number of benzene rings is 2. The number of fused-ring (bicyclic) bond motifs is 2. The third-order valence-electron chi connectivity index (χ3n) is 6.04. The highest BCUT2D eigenvalue weighted by Gasteiger charge is 2.21. The minimum absolute atomic E-state index is 0.111. The van der Waals surface area contributed by atoms with Crippen LogP contribution in [0.5, 0.6) is 0 Å². The Labute approximate surface area is 186 Å². The average Bonchev–Trinajstić information content (AvgIpc) is 3.46. The van der Waals surface area contributed by atoms with Crippen LogP contribution in [0.3, 0.4) is 0 Å². The van der Waals surface area contributed by atoms with E-state index in [1.54, 1.807) is 4.57 Å². The van der Waals surface area contributed by atoms with E-state index in [4.69, 9.17) is 20.2 Å². The van der Waals surface area contributed by atoms with Crippen molar-refractivity contribution in [2.45, 2.75) is 32.0 Å². The van der Waals surface area contributed by atoms with Crippen LogP contribution in [-0.4, -0.2) is 46.6 Å². The number of para-hydroxylation sites is 3. The summed E-state index contributed by atoms with van der Waals surface area (Å²) in [5.41, 5.74) is 9.41. The first-order valence-corrected chi connectivity index (χ1v) is 11.2. The van der Waals surface area contributed by atoms with Gasteiger partial charge in [-0.3, -0.25) is 4.79 Å². The smallest absolute Gasteiger partial charge is 0.277 e. The Bertz CT molecular complexity index is 1290. The maximum atomic E-state index is 13.6. The van der Waals surface area contributed by atoms with Crippen molar-refractivity contribution in [2.24, 2.45) is 5.73 Å². The maximum Gasteiger partial charge on any atom is 0.277 e. The van der Waals surface area contributed by atoms with Crippen LogP contribution in [0.2, 0.25) is 0 Å². The van der Waals surface area contributed by atoms with Gasteiger partial charge < -0.3 is 24.3 Å². The number of hydrogen-bond acceptors (Lipinski definition) is 5. The Morgan fingerprint density at radius 1 is 1.09 bits per heavy atom. The van der Waals surface area contributed by atoms with Crippen LogP contribution >= 0.6 is 0 Å². The summed E-state index contributed by atoms with van der Waals surface area (Å²) in [5.74, 6) is 0. The first kappa shape index (κ1) is 20.9. The molecule has 7 heteroatoms. The lowest BCUT2D eigenvalue weighted by molar-refractivity contribution is 0.0980. The van der Waals surface area contributed by atoms with Gasteiger partial charge in [-0.1, -0.05) is 30.3 Å². The van der Waals surface area contributed by atoms with Crippen molar-refractivity contribution in [3.8, 4) is 11.3 Å². The Hall–Kier alpha value is -3.00. The fourth-order valence-electron chi connectivity index (χ4n) is 4.53. The minimum atomic E-state index is -0.111. The van der Waals surface area contributed by atoms with Gasteiger partial charge in [-0.05, 0) is 31.0 Å². The van der Waals surface area contributed by atoms with Gasteiger partial charge in [0.05, 0.1) is 30.4 Å². The van der Waals surface area contributed by atoms with Crippen LogP contribution in [-0.2, 0) is 22.6 Å². The first-order chi connectivity index (χ1) is 15.8. The van der Waals surface area contributed by atoms with E-state index in [1.165, 1.54) is 0 Å². The zero-order valence-corrected chi connectivity index (χ0v) is 18.1. The van der Waals surface area contributed by atoms with Gasteiger partial charge in [-0.15, -0.1) is 0 Å². The molecule has 0 aliphatic carbocycles. The summed E-state index contributed by atoms with van der Waals surface area (Å²) in [4.78, 5) is 18.4. The predicted molar refractivity (Wildman–Crippen MR) is 126 cm³/mol. The molecule has 0 spiro atoms. The Balaban J connectivity index is 1.63. The van der Waals surface area contributed by atoms with E-state index in [9.17, 15) is 4.79 Å². The van der Waals surface area contributed by atoms with Crippen molar-refractivity contribution in [1.29, 1.82) is 0 Å². The van der Waals surface area contributed by atoms with Crippen LogP contribution in [0.15, 0.2) is 59.5 Å². The van der Waals surface area contributed by atoms with Crippen LogP contribution in [0.1, 0.15) is 12.8 Å². The predicted octanol–water partition coefficient (Wildman–Crippen LogP) is 3.17. The van der Waals surface area contributed by atoms with E-state index < -0.39 is 0 Å². The zero-order chi connectivity index (χ0) is 21.9. The molecule has 1 unspecified atom stereocenters. The van der Waals surface area contributed by atoms with Gasteiger partial charge in [-0.2, -0.15) is 0 Å². The summed E-state index contributed by atoms with van der Waals surface area (Å²) < 4.78 is 15.4. The summed E-state index contributed by atoms with van der Waals surface area (Å²) in [6.45, 7) is 3.40. The van der Waals surface area contributed by atoms with Crippen molar-refractivity contribution in [3.05, 3.63) is 65.1 Å². The summed E-state index contributed by atoms with van der Waals surface area (Å²) in [6, 6.07) is 15.9. The molecule has 0 amide bonds. The van der Waals surface area contributed by atoms with Crippen LogP contribution in [0, 0.1) is 0 Å². The molecule has 1 aliphatic rings. The molecule has 1 saturated heterocycles. The van der Waals surface area contributed by atoms with Crippen molar-refractivity contribution >= 4 is 21.9 Å². The minimum Gasteiger partial charge on any atom is -0.378 e. The number of nitrogens with two attached hydrogens (primary N) is 1. The number of ether oxygens (including phenoxy) is 2. The van der Waals surface area contributed by atoms with Gasteiger partial charge >= 0.3 is 0 Å². The molecule has 0 bridgehead atoms. The molecule has 4 aromatic rings. The lowest BCUT2D eigenvalue weighted by atomic mass is 10.1. The molecule has 0 radical (unpaired) electrons. The summed E-state index contributed by atoms with van der Waals surface area (Å²) in [7, 11) is 0. The molecular formula is C25H28N4O3. The number of nitrogens with zero attached hydrogens (tertiary/aromatic N) is 3. The van der Waals surface area contributed by atoms with Crippen molar-refractivity contribution in [1.82, 2.24) is 14.1 Å². The van der Waals surface area contributed by atoms with Gasteiger partial charge in [-0.25, -0.2) is 4.98 Å². The van der Waals surface area contributed by atoms with E-state index in [0.717, 1.165) is 53.5 Å². The van der Waals surface area contributed by atoms with Gasteiger partial charge in [0, 0.05) is 48.9 Å². The second kappa shape index (κ2) is 9.24. The highest BCUT2D eigenvalue weighted by atomic mass is 16.5. The second-order valence-electron chi connectivity index (χ2n) is 8.15. The molecule has 2 aromatic carbocycles. The highest BCUT2D eigenvalue weighted by molar-refractivity contribution is 5.96. The zero-order valence-electron chi connectivity index (χ0n) is 18.1. The largest absolute Gasteiger partial charge is 0.378 e. The topological polar surface area (TPSA) is 84.3 Å². The molecule has 166 valence electrons. The van der Waals surface area contributed by atoms with Gasteiger partial charge in [0.1, 0.15) is 5.69 Å². The van der Waals surface area contributed by atoms with E-state index >= 15 is 0 Å². The molecule has 2 aromatic heterocycles. The van der Waals surface area contributed by atoms with Gasteiger partial charge in [0.2, 0.25) is 0 Å². The lowest BCUT2D eigenvalue weighted by Gasteiger charge is -2.12. The number of hydrogen-bond donors (Lipinski definition) is 1. The Kier molecular flexibility index (Phi) is 6.03. The molecular weight excluding hydrogens is 404 g/mol. The molecule has 2 N–H and O–H groups in total. The standard InChI is InChI=1S/C25H28N4O3/c26-11-14-31-15-12-29-23-10-4-2-8-21(23)27-24(25(29)30)20-17-28(16-18-6-5-13-32-18)22-9-3-1-7-19(20)22/h1-4,7-10,17-18H,5-6,11-16,26H2. The number of rotatable bonds is 8. The Morgan fingerprint density at radius 2 is 1.91 bits per heavy atom. The third kappa shape index (κ3) is 3.95. The molecule has 3 heterocycles. The molecule has 1 aliphatic heterocycles. The first-order valence-electron chi connectivity index (χ1n) is 11.2. The maximum absolute atomic E-state index is 13.6. The van der Waals surface area contributed by atoms with E-state index in [-0.39, 0.29) is 11.7 Å². The van der Waals surface area contributed by atoms with Crippen LogP contribution in [0.4, 0.5) is 0 Å². The third-order valence-corrected chi connectivity index (χ3v) is 6.04. The van der Waals surface area contributed by atoms with Crippen LogP contribution < -0.4 is 11.3 Å². The number of aromatic nitrogens is 3. The molecule has 0 saturated carbocycles. The molecule has 1 fully saturated rings. The molecule has 32 heavy (non-hydrogen) atoms. The Morgan fingerprint density at radius 3 is 2.72 bits per heavy atom. The van der Waals surface area contributed by atoms with E-state index in [1.807, 2.05) is 36.4 Å². The van der Waals surface area contributed by atoms with Gasteiger partial charge in [0.25, 0.3) is 5.56 Å². The van der Waals surface area contributed by atoms with E-state index in [0.29, 0.717) is 32.0 Å². The van der Waals surface area contributed by atoms with Crippen molar-refractivity contribution < 1.29 is 9.47 Å². The monoisotopic (exact) mass is 432 g/mol. The van der Waals surface area contributed by atoms with Crippen LogP contribution in [0.25, 0.3) is 33.2 Å². The molecule has 1 atom stereocenters. The average molecular weight is 433 g/mol. The highest BCUT2D eigenvalue weighted by Crippen LogP contribution is 2.30. The van der Waals surface area contributed by atoms with Crippen molar-refractivity contribution in [3.63, 3.8) is 0 Å².